The maximum atomic E-state index is 13.5. The second-order valence-corrected chi connectivity index (χ2v) is 4.42. The van der Waals surface area contributed by atoms with Crippen molar-refractivity contribution in [1.82, 2.24) is 10.1 Å². The molecule has 1 heterocycles. The molecule has 90 valence electrons. The minimum absolute atomic E-state index is 0.0825. The van der Waals surface area contributed by atoms with Gasteiger partial charge in [-0.2, -0.15) is 4.98 Å². The van der Waals surface area contributed by atoms with E-state index in [1.807, 2.05) is 6.92 Å². The number of nitrogens with zero attached hydrogens (tertiary/aromatic N) is 2. The van der Waals surface area contributed by atoms with Gasteiger partial charge < -0.3 is 4.52 Å². The molecule has 0 spiro atoms. The van der Waals surface area contributed by atoms with Crippen LogP contribution >= 0.6 is 23.2 Å². The molecule has 0 fully saturated rings. The van der Waals surface area contributed by atoms with Gasteiger partial charge in [-0.25, -0.2) is 4.39 Å². The van der Waals surface area contributed by atoms with E-state index in [0.717, 1.165) is 0 Å². The lowest BCUT2D eigenvalue weighted by molar-refractivity contribution is 0.419. The van der Waals surface area contributed by atoms with Crippen LogP contribution in [0.4, 0.5) is 4.39 Å². The molecule has 6 heteroatoms. The van der Waals surface area contributed by atoms with Crippen LogP contribution in [0.15, 0.2) is 22.7 Å². The maximum Gasteiger partial charge on any atom is 0.261 e. The molecule has 2 aromatic rings. The van der Waals surface area contributed by atoms with Crippen molar-refractivity contribution in [3.05, 3.63) is 34.9 Å². The van der Waals surface area contributed by atoms with E-state index in [1.54, 1.807) is 0 Å². The number of aromatic nitrogens is 2. The molecule has 1 aromatic carbocycles. The highest BCUT2D eigenvalue weighted by molar-refractivity contribution is 6.30. The van der Waals surface area contributed by atoms with Gasteiger partial charge in [-0.05, 0) is 24.6 Å². The SMILES string of the molecule is CCC(Cl)c1noc(-c2cc(Cl)ccc2F)n1. The number of alkyl halides is 1. The molecule has 0 aliphatic carbocycles. The Morgan fingerprint density at radius 2 is 2.24 bits per heavy atom. The highest BCUT2D eigenvalue weighted by Gasteiger charge is 2.17. The molecule has 0 aliphatic heterocycles. The first-order valence-electron chi connectivity index (χ1n) is 5.05. The summed E-state index contributed by atoms with van der Waals surface area (Å²) in [7, 11) is 0. The molecule has 0 saturated heterocycles. The van der Waals surface area contributed by atoms with Crippen LogP contribution in [0, 0.1) is 5.82 Å². The Hall–Kier alpha value is -1.13. The van der Waals surface area contributed by atoms with Crippen molar-refractivity contribution in [2.24, 2.45) is 0 Å². The molecule has 0 aliphatic rings. The zero-order valence-electron chi connectivity index (χ0n) is 8.95. The Balaban J connectivity index is 2.40. The van der Waals surface area contributed by atoms with Gasteiger partial charge in [-0.15, -0.1) is 11.6 Å². The van der Waals surface area contributed by atoms with Crippen molar-refractivity contribution >= 4 is 23.2 Å². The Bertz CT molecular complexity index is 530. The molecule has 0 radical (unpaired) electrons. The lowest BCUT2D eigenvalue weighted by atomic mass is 10.2. The zero-order valence-corrected chi connectivity index (χ0v) is 10.5. The van der Waals surface area contributed by atoms with Crippen molar-refractivity contribution in [2.75, 3.05) is 0 Å². The van der Waals surface area contributed by atoms with E-state index in [0.29, 0.717) is 17.3 Å². The molecule has 0 saturated carbocycles. The summed E-state index contributed by atoms with van der Waals surface area (Å²) in [5.74, 6) is -0.0325. The average Bonchev–Trinajstić information content (AvgIpc) is 2.80. The van der Waals surface area contributed by atoms with Crippen molar-refractivity contribution in [3.8, 4) is 11.5 Å². The van der Waals surface area contributed by atoms with Gasteiger partial charge in [0.15, 0.2) is 5.82 Å². The highest BCUT2D eigenvalue weighted by atomic mass is 35.5. The molecule has 2 rings (SSSR count). The molecule has 0 N–H and O–H groups in total. The molecule has 1 atom stereocenters. The molecule has 1 aromatic heterocycles. The lowest BCUT2D eigenvalue weighted by Crippen LogP contribution is -1.91. The van der Waals surface area contributed by atoms with Crippen LogP contribution in [0.5, 0.6) is 0 Å². The van der Waals surface area contributed by atoms with E-state index in [9.17, 15) is 4.39 Å². The van der Waals surface area contributed by atoms with Crippen molar-refractivity contribution < 1.29 is 8.91 Å². The van der Waals surface area contributed by atoms with Crippen LogP contribution in [0.2, 0.25) is 5.02 Å². The van der Waals surface area contributed by atoms with E-state index < -0.39 is 5.82 Å². The Kier molecular flexibility index (Phi) is 3.64. The lowest BCUT2D eigenvalue weighted by Gasteiger charge is -1.98. The number of benzene rings is 1. The van der Waals surface area contributed by atoms with Crippen molar-refractivity contribution in [1.29, 1.82) is 0 Å². The Labute approximate surface area is 108 Å². The first-order chi connectivity index (χ1) is 8.11. The molecular weight excluding hydrogens is 266 g/mol. The fourth-order valence-corrected chi connectivity index (χ4v) is 1.58. The Morgan fingerprint density at radius 1 is 1.47 bits per heavy atom. The third-order valence-corrected chi connectivity index (χ3v) is 2.98. The zero-order chi connectivity index (χ0) is 12.4. The summed E-state index contributed by atoms with van der Waals surface area (Å²) in [6.45, 7) is 1.90. The summed E-state index contributed by atoms with van der Waals surface area (Å²) in [5, 5.41) is 3.77. The maximum absolute atomic E-state index is 13.5. The van der Waals surface area contributed by atoms with Crippen LogP contribution in [0.25, 0.3) is 11.5 Å². The summed E-state index contributed by atoms with van der Waals surface area (Å²) in [6, 6.07) is 4.14. The second kappa shape index (κ2) is 5.02. The molecule has 1 unspecified atom stereocenters. The predicted octanol–water partition coefficient (Wildman–Crippen LogP) is 4.22. The van der Waals surface area contributed by atoms with Gasteiger partial charge in [0.2, 0.25) is 0 Å². The van der Waals surface area contributed by atoms with Crippen LogP contribution in [0.1, 0.15) is 24.5 Å². The summed E-state index contributed by atoms with van der Waals surface area (Å²) in [4.78, 5) is 4.04. The summed E-state index contributed by atoms with van der Waals surface area (Å²) in [5.41, 5.74) is 0.177. The van der Waals surface area contributed by atoms with Crippen LogP contribution in [-0.4, -0.2) is 10.1 Å². The topological polar surface area (TPSA) is 38.9 Å². The van der Waals surface area contributed by atoms with Gasteiger partial charge in [0.05, 0.1) is 10.9 Å². The third kappa shape index (κ3) is 2.58. The monoisotopic (exact) mass is 274 g/mol. The van der Waals surface area contributed by atoms with Crippen molar-refractivity contribution in [2.45, 2.75) is 18.7 Å². The van der Waals surface area contributed by atoms with Gasteiger partial charge in [-0.3, -0.25) is 0 Å². The van der Waals surface area contributed by atoms with Gasteiger partial charge >= 0.3 is 0 Å². The molecule has 0 amide bonds. The van der Waals surface area contributed by atoms with Gasteiger partial charge in [0, 0.05) is 5.02 Å². The number of hydrogen-bond donors (Lipinski definition) is 0. The molecule has 3 nitrogen and oxygen atoms in total. The summed E-state index contributed by atoms with van der Waals surface area (Å²) < 4.78 is 18.5. The van der Waals surface area contributed by atoms with Gasteiger partial charge in [0.25, 0.3) is 5.89 Å². The number of halogens is 3. The average molecular weight is 275 g/mol. The minimum atomic E-state index is -0.466. The largest absolute Gasteiger partial charge is 0.334 e. The smallest absolute Gasteiger partial charge is 0.261 e. The Morgan fingerprint density at radius 3 is 2.94 bits per heavy atom. The fraction of sp³-hybridized carbons (Fsp3) is 0.273. The van der Waals surface area contributed by atoms with Gasteiger partial charge in [0.1, 0.15) is 5.82 Å². The summed E-state index contributed by atoms with van der Waals surface area (Å²) >= 11 is 11.7. The van der Waals surface area contributed by atoms with E-state index in [2.05, 4.69) is 10.1 Å². The standard InChI is InChI=1S/C11H9Cl2FN2O/c1-2-8(13)10-15-11(17-16-10)7-5-6(12)3-4-9(7)14/h3-5,8H,2H2,1H3. The van der Waals surface area contributed by atoms with E-state index in [4.69, 9.17) is 27.7 Å². The van der Waals surface area contributed by atoms with Crippen LogP contribution in [0.3, 0.4) is 0 Å². The number of rotatable bonds is 3. The molecule has 17 heavy (non-hydrogen) atoms. The highest BCUT2D eigenvalue weighted by Crippen LogP contribution is 2.27. The van der Waals surface area contributed by atoms with Crippen LogP contribution < -0.4 is 0 Å². The van der Waals surface area contributed by atoms with Crippen molar-refractivity contribution in [3.63, 3.8) is 0 Å². The first kappa shape index (κ1) is 12.3. The normalized spacial score (nSPS) is 12.7. The number of hydrogen-bond acceptors (Lipinski definition) is 3. The van der Waals surface area contributed by atoms with E-state index in [1.165, 1.54) is 18.2 Å². The summed E-state index contributed by atoms with van der Waals surface area (Å²) in [6.07, 6.45) is 0.665. The van der Waals surface area contributed by atoms with Gasteiger partial charge in [-0.1, -0.05) is 23.7 Å². The predicted molar refractivity (Wildman–Crippen MR) is 63.6 cm³/mol. The minimum Gasteiger partial charge on any atom is -0.334 e. The fourth-order valence-electron chi connectivity index (χ4n) is 1.32. The molecule has 0 bridgehead atoms. The molecular formula is C11H9Cl2FN2O. The first-order valence-corrected chi connectivity index (χ1v) is 5.86. The quantitative estimate of drug-likeness (QED) is 0.787. The second-order valence-electron chi connectivity index (χ2n) is 3.46. The van der Waals surface area contributed by atoms with E-state index in [-0.39, 0.29) is 16.8 Å². The third-order valence-electron chi connectivity index (χ3n) is 2.24. The van der Waals surface area contributed by atoms with Crippen LogP contribution in [-0.2, 0) is 0 Å². The van der Waals surface area contributed by atoms with E-state index >= 15 is 0 Å².